The number of pyridine rings is 1. The van der Waals surface area contributed by atoms with Gasteiger partial charge in [0.05, 0.1) is 21.8 Å². The minimum atomic E-state index is -0.413. The van der Waals surface area contributed by atoms with E-state index in [2.05, 4.69) is 20.9 Å². The number of thiophene rings is 1. The van der Waals surface area contributed by atoms with Crippen molar-refractivity contribution in [2.45, 2.75) is 20.8 Å². The number of nitrogens with zero attached hydrogens (tertiary/aromatic N) is 1. The van der Waals surface area contributed by atoms with Crippen molar-refractivity contribution in [3.8, 4) is 0 Å². The molecule has 2 N–H and O–H groups in total. The van der Waals surface area contributed by atoms with E-state index in [0.717, 1.165) is 19.6 Å². The van der Waals surface area contributed by atoms with Crippen LogP contribution in [0.1, 0.15) is 28.5 Å². The third-order valence-electron chi connectivity index (χ3n) is 2.72. The maximum atomic E-state index is 11.9. The number of hydrogen-bond donors (Lipinski definition) is 1. The number of nitrogens with two attached hydrogens (primary N) is 1. The quantitative estimate of drug-likeness (QED) is 0.857. The van der Waals surface area contributed by atoms with Gasteiger partial charge in [0.25, 0.3) is 0 Å². The van der Waals surface area contributed by atoms with Crippen LogP contribution in [-0.4, -0.2) is 17.6 Å². The second-order valence-corrected chi connectivity index (χ2v) is 6.20. The third kappa shape index (κ3) is 1.99. The fourth-order valence-electron chi connectivity index (χ4n) is 1.86. The van der Waals surface area contributed by atoms with Gasteiger partial charge in [0, 0.05) is 5.39 Å². The van der Waals surface area contributed by atoms with Gasteiger partial charge in [0.2, 0.25) is 0 Å². The number of aryl methyl sites for hydroxylation is 2. The number of ether oxygens (including phenoxy) is 1. The van der Waals surface area contributed by atoms with Crippen LogP contribution in [0, 0.1) is 13.8 Å². The molecule has 0 saturated carbocycles. The van der Waals surface area contributed by atoms with E-state index in [4.69, 9.17) is 10.5 Å². The lowest BCUT2D eigenvalue weighted by Crippen LogP contribution is -2.11. The summed E-state index contributed by atoms with van der Waals surface area (Å²) in [6.07, 6.45) is 0. The summed E-state index contributed by atoms with van der Waals surface area (Å²) in [6.45, 7) is 5.81. The number of anilines is 1. The Kier molecular flexibility index (Phi) is 3.59. The first kappa shape index (κ1) is 13.3. The van der Waals surface area contributed by atoms with Crippen molar-refractivity contribution in [2.75, 3.05) is 12.3 Å². The molecule has 6 heteroatoms. The van der Waals surface area contributed by atoms with E-state index in [1.54, 1.807) is 13.8 Å². The van der Waals surface area contributed by atoms with Crippen LogP contribution in [0.5, 0.6) is 0 Å². The number of fused-ring (bicyclic) bond motifs is 1. The Hall–Kier alpha value is -1.14. The lowest BCUT2D eigenvalue weighted by molar-refractivity contribution is 0.0526. The van der Waals surface area contributed by atoms with Crippen molar-refractivity contribution < 1.29 is 9.53 Å². The molecular weight excluding hydrogens is 316 g/mol. The van der Waals surface area contributed by atoms with Gasteiger partial charge in [0.15, 0.2) is 0 Å². The van der Waals surface area contributed by atoms with Gasteiger partial charge in [-0.15, -0.1) is 11.3 Å². The number of carbonyl (C=O) groups is 1. The number of hydrogen-bond acceptors (Lipinski definition) is 5. The molecule has 0 saturated heterocycles. The fraction of sp³-hybridized carbons (Fsp3) is 0.333. The van der Waals surface area contributed by atoms with E-state index in [-0.39, 0.29) is 0 Å². The molecule has 2 aromatic rings. The van der Waals surface area contributed by atoms with Crippen LogP contribution in [-0.2, 0) is 4.74 Å². The van der Waals surface area contributed by atoms with E-state index in [9.17, 15) is 4.79 Å². The van der Waals surface area contributed by atoms with Gasteiger partial charge in [-0.25, -0.2) is 9.78 Å². The highest BCUT2D eigenvalue weighted by molar-refractivity contribution is 9.11. The predicted octanol–water partition coefficient (Wildman–Crippen LogP) is 3.43. The molecule has 2 aromatic heterocycles. The summed E-state index contributed by atoms with van der Waals surface area (Å²) in [4.78, 5) is 17.2. The van der Waals surface area contributed by atoms with Crippen LogP contribution in [0.2, 0.25) is 0 Å². The van der Waals surface area contributed by atoms with E-state index >= 15 is 0 Å². The molecule has 2 rings (SSSR count). The van der Waals surface area contributed by atoms with Crippen LogP contribution < -0.4 is 5.73 Å². The minimum absolute atomic E-state index is 0.321. The summed E-state index contributed by atoms with van der Waals surface area (Å²) in [6, 6.07) is 0. The van der Waals surface area contributed by atoms with E-state index in [1.807, 2.05) is 6.92 Å². The Morgan fingerprint density at radius 3 is 2.78 bits per heavy atom. The number of halogens is 1. The number of nitrogen functional groups attached to an aromatic ring is 1. The number of carbonyl (C=O) groups excluding carboxylic acids is 1. The molecule has 96 valence electrons. The zero-order chi connectivity index (χ0) is 13.4. The largest absolute Gasteiger partial charge is 0.462 e. The standard InChI is InChI=1S/C12H13BrN2O2S/c1-4-17-12(16)8-6(3)15-11-7(9(8)14)5(2)10(13)18-11/h4H2,1-3H3,(H2,14,15). The molecule has 0 aliphatic heterocycles. The Balaban J connectivity index is 2.75. The molecule has 0 unspecified atom stereocenters. The molecule has 0 radical (unpaired) electrons. The van der Waals surface area contributed by atoms with Gasteiger partial charge < -0.3 is 10.5 Å². The van der Waals surface area contributed by atoms with Crippen molar-refractivity contribution in [2.24, 2.45) is 0 Å². The highest BCUT2D eigenvalue weighted by Gasteiger charge is 2.21. The Labute approximate surface area is 117 Å². The molecule has 0 spiro atoms. The number of aromatic nitrogens is 1. The maximum Gasteiger partial charge on any atom is 0.342 e. The first-order chi connectivity index (χ1) is 8.47. The van der Waals surface area contributed by atoms with Crippen LogP contribution in [0.15, 0.2) is 3.79 Å². The molecule has 2 heterocycles. The average Bonchev–Trinajstić information content (AvgIpc) is 2.54. The monoisotopic (exact) mass is 328 g/mol. The lowest BCUT2D eigenvalue weighted by atomic mass is 10.1. The summed E-state index contributed by atoms with van der Waals surface area (Å²) in [5, 5.41) is 0.834. The molecule has 18 heavy (non-hydrogen) atoms. The van der Waals surface area contributed by atoms with Gasteiger partial charge in [-0.1, -0.05) is 0 Å². The topological polar surface area (TPSA) is 65.2 Å². The smallest absolute Gasteiger partial charge is 0.342 e. The fourth-order valence-corrected chi connectivity index (χ4v) is 3.49. The van der Waals surface area contributed by atoms with Crippen molar-refractivity contribution in [1.82, 2.24) is 4.98 Å². The Morgan fingerprint density at radius 2 is 2.17 bits per heavy atom. The van der Waals surface area contributed by atoms with E-state index in [0.29, 0.717) is 23.6 Å². The first-order valence-corrected chi connectivity index (χ1v) is 7.10. The van der Waals surface area contributed by atoms with Crippen molar-refractivity contribution >= 4 is 49.1 Å². The van der Waals surface area contributed by atoms with Crippen LogP contribution in [0.3, 0.4) is 0 Å². The summed E-state index contributed by atoms with van der Waals surface area (Å²) in [5.74, 6) is -0.413. The third-order valence-corrected chi connectivity index (χ3v) is 4.77. The molecular formula is C12H13BrN2O2S. The van der Waals surface area contributed by atoms with E-state index < -0.39 is 5.97 Å². The summed E-state index contributed by atoms with van der Waals surface area (Å²) in [7, 11) is 0. The second-order valence-electron chi connectivity index (χ2n) is 3.89. The van der Waals surface area contributed by atoms with Gasteiger partial charge >= 0.3 is 5.97 Å². The normalized spacial score (nSPS) is 10.9. The van der Waals surface area contributed by atoms with Gasteiger partial charge in [-0.05, 0) is 42.3 Å². The molecule has 4 nitrogen and oxygen atoms in total. The molecule has 0 aliphatic carbocycles. The SMILES string of the molecule is CCOC(=O)c1c(C)nc2sc(Br)c(C)c2c1N. The minimum Gasteiger partial charge on any atom is -0.462 e. The van der Waals surface area contributed by atoms with Crippen LogP contribution in [0.4, 0.5) is 5.69 Å². The molecule has 0 aromatic carbocycles. The molecule has 0 atom stereocenters. The summed E-state index contributed by atoms with van der Waals surface area (Å²) < 4.78 is 6.00. The second kappa shape index (κ2) is 4.85. The summed E-state index contributed by atoms with van der Waals surface area (Å²) >= 11 is 4.98. The highest BCUT2D eigenvalue weighted by atomic mass is 79.9. The average molecular weight is 329 g/mol. The van der Waals surface area contributed by atoms with Gasteiger partial charge in [-0.2, -0.15) is 0 Å². The maximum absolute atomic E-state index is 11.9. The van der Waals surface area contributed by atoms with Gasteiger partial charge in [-0.3, -0.25) is 0 Å². The van der Waals surface area contributed by atoms with Gasteiger partial charge in [0.1, 0.15) is 10.4 Å². The number of rotatable bonds is 2. The molecule has 0 fully saturated rings. The zero-order valence-electron chi connectivity index (χ0n) is 10.3. The lowest BCUT2D eigenvalue weighted by Gasteiger charge is -2.09. The van der Waals surface area contributed by atoms with Crippen LogP contribution in [0.25, 0.3) is 10.2 Å². The van der Waals surface area contributed by atoms with Crippen molar-refractivity contribution in [3.63, 3.8) is 0 Å². The Bertz CT molecular complexity index is 637. The molecule has 0 bridgehead atoms. The van der Waals surface area contributed by atoms with Crippen molar-refractivity contribution in [1.29, 1.82) is 0 Å². The summed E-state index contributed by atoms with van der Waals surface area (Å²) in [5.41, 5.74) is 8.55. The first-order valence-electron chi connectivity index (χ1n) is 5.49. The number of esters is 1. The Morgan fingerprint density at radius 1 is 1.50 bits per heavy atom. The predicted molar refractivity (Wildman–Crippen MR) is 77.2 cm³/mol. The van der Waals surface area contributed by atoms with Crippen LogP contribution >= 0.6 is 27.3 Å². The van der Waals surface area contributed by atoms with E-state index in [1.165, 1.54) is 11.3 Å². The molecule has 0 aliphatic rings. The molecule has 0 amide bonds. The zero-order valence-corrected chi connectivity index (χ0v) is 12.7. The van der Waals surface area contributed by atoms with Crippen molar-refractivity contribution in [3.05, 3.63) is 20.6 Å². The highest BCUT2D eigenvalue weighted by Crippen LogP contribution is 2.38.